The van der Waals surface area contributed by atoms with E-state index in [1.165, 1.54) is 4.57 Å². The van der Waals surface area contributed by atoms with Crippen LogP contribution in [-0.4, -0.2) is 43.2 Å². The van der Waals surface area contributed by atoms with E-state index in [2.05, 4.69) is 10.1 Å². The van der Waals surface area contributed by atoms with E-state index >= 15 is 0 Å². The zero-order chi connectivity index (χ0) is 19.6. The average Bonchev–Trinajstić information content (AvgIpc) is 2.83. The van der Waals surface area contributed by atoms with Crippen LogP contribution in [0.25, 0.3) is 5.95 Å². The van der Waals surface area contributed by atoms with Crippen molar-refractivity contribution in [1.82, 2.24) is 24.2 Å². The Labute approximate surface area is 160 Å². The predicted molar refractivity (Wildman–Crippen MR) is 104 cm³/mol. The van der Waals surface area contributed by atoms with E-state index in [1.807, 2.05) is 38.7 Å². The average molecular weight is 371 g/mol. The van der Waals surface area contributed by atoms with Crippen molar-refractivity contribution in [2.75, 3.05) is 13.1 Å². The number of aromatic nitrogens is 4. The molecule has 1 amide bonds. The second-order valence-electron chi connectivity index (χ2n) is 7.35. The molecule has 0 radical (unpaired) electrons. The van der Waals surface area contributed by atoms with Crippen molar-refractivity contribution in [3.8, 4) is 5.95 Å². The van der Waals surface area contributed by atoms with Crippen molar-refractivity contribution in [3.63, 3.8) is 0 Å². The van der Waals surface area contributed by atoms with E-state index in [-0.39, 0.29) is 18.0 Å². The van der Waals surface area contributed by atoms with Gasteiger partial charge in [0.1, 0.15) is 6.54 Å². The van der Waals surface area contributed by atoms with Gasteiger partial charge in [-0.05, 0) is 46.1 Å². The summed E-state index contributed by atoms with van der Waals surface area (Å²) in [5, 5.41) is 4.48. The normalized spacial score (nSPS) is 15.0. The smallest absolute Gasteiger partial charge is 0.258 e. The van der Waals surface area contributed by atoms with Crippen LogP contribution >= 0.6 is 0 Å². The first kappa shape index (κ1) is 19.3. The van der Waals surface area contributed by atoms with E-state index in [1.54, 1.807) is 4.68 Å². The topological polar surface area (TPSA) is 73.0 Å². The molecule has 27 heavy (non-hydrogen) atoms. The van der Waals surface area contributed by atoms with Gasteiger partial charge in [0, 0.05) is 24.3 Å². The van der Waals surface area contributed by atoms with Gasteiger partial charge in [-0.15, -0.1) is 0 Å². The van der Waals surface area contributed by atoms with Gasteiger partial charge >= 0.3 is 0 Å². The molecule has 1 aliphatic rings. The van der Waals surface area contributed by atoms with Crippen LogP contribution in [-0.2, 0) is 17.8 Å². The van der Waals surface area contributed by atoms with Crippen LogP contribution in [0, 0.1) is 20.8 Å². The highest BCUT2D eigenvalue weighted by molar-refractivity contribution is 5.76. The highest BCUT2D eigenvalue weighted by Gasteiger charge is 2.22. The molecule has 0 bridgehead atoms. The molecule has 2 aromatic heterocycles. The van der Waals surface area contributed by atoms with Gasteiger partial charge in [-0.25, -0.2) is 9.67 Å². The van der Waals surface area contributed by atoms with Crippen molar-refractivity contribution in [2.24, 2.45) is 0 Å². The number of aryl methyl sites for hydroxylation is 3. The molecule has 2 aromatic rings. The third-order valence-corrected chi connectivity index (χ3v) is 5.25. The number of carbonyl (C=O) groups is 1. The Kier molecular flexibility index (Phi) is 5.77. The lowest BCUT2D eigenvalue weighted by atomic mass is 10.2. The van der Waals surface area contributed by atoms with E-state index < -0.39 is 0 Å². The molecule has 1 fully saturated rings. The molecule has 7 heteroatoms. The van der Waals surface area contributed by atoms with Gasteiger partial charge in [-0.2, -0.15) is 5.10 Å². The molecule has 0 spiro atoms. The lowest BCUT2D eigenvalue weighted by molar-refractivity contribution is -0.131. The lowest BCUT2D eigenvalue weighted by Gasteiger charge is -2.22. The van der Waals surface area contributed by atoms with Crippen molar-refractivity contribution >= 4 is 5.91 Å². The Hall–Kier alpha value is -2.44. The van der Waals surface area contributed by atoms with E-state index in [0.717, 1.165) is 50.2 Å². The predicted octanol–water partition coefficient (Wildman–Crippen LogP) is 2.32. The highest BCUT2D eigenvalue weighted by atomic mass is 16.2. The second-order valence-corrected chi connectivity index (χ2v) is 7.35. The fourth-order valence-corrected chi connectivity index (χ4v) is 3.78. The number of carbonyl (C=O) groups excluding carboxylic acids is 1. The summed E-state index contributed by atoms with van der Waals surface area (Å²) >= 11 is 0. The Balaban J connectivity index is 2.05. The number of likely N-dealkylation sites (tertiary alicyclic amines) is 1. The van der Waals surface area contributed by atoms with Crippen LogP contribution in [0.4, 0.5) is 0 Å². The summed E-state index contributed by atoms with van der Waals surface area (Å²) in [6.07, 6.45) is 4.96. The first-order valence-corrected chi connectivity index (χ1v) is 9.84. The summed E-state index contributed by atoms with van der Waals surface area (Å²) < 4.78 is 3.16. The first-order valence-electron chi connectivity index (χ1n) is 9.84. The number of nitrogens with zero attached hydrogens (tertiary/aromatic N) is 5. The maximum atomic E-state index is 13.1. The molecule has 0 N–H and O–H groups in total. The molecular formula is C20H29N5O2. The van der Waals surface area contributed by atoms with Crippen LogP contribution in [0.5, 0.6) is 0 Å². The van der Waals surface area contributed by atoms with E-state index in [0.29, 0.717) is 23.6 Å². The number of amides is 1. The Bertz CT molecular complexity index is 889. The van der Waals surface area contributed by atoms with Crippen LogP contribution in [0.2, 0.25) is 0 Å². The molecule has 1 aliphatic heterocycles. The zero-order valence-electron chi connectivity index (χ0n) is 16.8. The van der Waals surface area contributed by atoms with Crippen molar-refractivity contribution in [3.05, 3.63) is 39.1 Å². The minimum Gasteiger partial charge on any atom is -0.341 e. The quantitative estimate of drug-likeness (QED) is 0.827. The van der Waals surface area contributed by atoms with Crippen molar-refractivity contribution in [1.29, 1.82) is 0 Å². The summed E-state index contributed by atoms with van der Waals surface area (Å²) in [4.78, 5) is 32.6. The van der Waals surface area contributed by atoms with Gasteiger partial charge in [0.2, 0.25) is 11.9 Å². The third kappa shape index (κ3) is 3.96. The minimum atomic E-state index is -0.143. The van der Waals surface area contributed by atoms with Crippen molar-refractivity contribution in [2.45, 2.75) is 66.3 Å². The first-order chi connectivity index (χ1) is 12.9. The molecule has 0 atom stereocenters. The molecular weight excluding hydrogens is 342 g/mol. The molecule has 0 saturated carbocycles. The van der Waals surface area contributed by atoms with Crippen molar-refractivity contribution < 1.29 is 4.79 Å². The third-order valence-electron chi connectivity index (χ3n) is 5.25. The zero-order valence-corrected chi connectivity index (χ0v) is 16.8. The summed E-state index contributed by atoms with van der Waals surface area (Å²) in [6, 6.07) is 1.94. The summed E-state index contributed by atoms with van der Waals surface area (Å²) in [5.41, 5.74) is 2.95. The fourth-order valence-electron chi connectivity index (χ4n) is 3.78. The molecule has 0 aromatic carbocycles. The highest BCUT2D eigenvalue weighted by Crippen LogP contribution is 2.14. The molecule has 146 valence electrons. The Morgan fingerprint density at radius 1 is 1.11 bits per heavy atom. The van der Waals surface area contributed by atoms with Crippen LogP contribution < -0.4 is 5.56 Å². The fraction of sp³-hybridized carbons (Fsp3) is 0.600. The summed E-state index contributed by atoms with van der Waals surface area (Å²) in [7, 11) is 0. The monoisotopic (exact) mass is 371 g/mol. The lowest BCUT2D eigenvalue weighted by Crippen LogP contribution is -2.39. The van der Waals surface area contributed by atoms with Crippen LogP contribution in [0.3, 0.4) is 0 Å². The van der Waals surface area contributed by atoms with Gasteiger partial charge < -0.3 is 4.90 Å². The van der Waals surface area contributed by atoms with Gasteiger partial charge in [0.25, 0.3) is 5.56 Å². The van der Waals surface area contributed by atoms with Gasteiger partial charge in [-0.3, -0.25) is 14.2 Å². The Morgan fingerprint density at radius 3 is 2.33 bits per heavy atom. The molecule has 0 aliphatic carbocycles. The van der Waals surface area contributed by atoms with Gasteiger partial charge in [0.05, 0.1) is 11.4 Å². The number of hydrogen-bond acceptors (Lipinski definition) is 4. The second kappa shape index (κ2) is 8.06. The minimum absolute atomic E-state index is 0.00674. The number of hydrogen-bond donors (Lipinski definition) is 0. The SMILES string of the molecule is CCc1c(C)nc(-n2nc(C)cc2C)n(CC(=O)N2CCCCCC2)c1=O. The number of rotatable bonds is 4. The Morgan fingerprint density at radius 2 is 1.78 bits per heavy atom. The molecule has 3 rings (SSSR count). The maximum Gasteiger partial charge on any atom is 0.258 e. The molecule has 7 nitrogen and oxygen atoms in total. The molecule has 3 heterocycles. The van der Waals surface area contributed by atoms with Gasteiger partial charge in [0.15, 0.2) is 0 Å². The van der Waals surface area contributed by atoms with E-state index in [9.17, 15) is 9.59 Å². The molecule has 1 saturated heterocycles. The maximum absolute atomic E-state index is 13.1. The van der Waals surface area contributed by atoms with Gasteiger partial charge in [-0.1, -0.05) is 19.8 Å². The van der Waals surface area contributed by atoms with E-state index in [4.69, 9.17) is 0 Å². The largest absolute Gasteiger partial charge is 0.341 e. The standard InChI is InChI=1S/C20H29N5O2/c1-5-17-16(4)21-20(25-15(3)12-14(2)22-25)24(19(17)27)13-18(26)23-10-8-6-7-9-11-23/h12H,5-11,13H2,1-4H3. The summed E-state index contributed by atoms with van der Waals surface area (Å²) in [5.74, 6) is 0.401. The van der Waals surface area contributed by atoms with Crippen LogP contribution in [0.15, 0.2) is 10.9 Å². The molecule has 0 unspecified atom stereocenters. The summed E-state index contributed by atoms with van der Waals surface area (Å²) in [6.45, 7) is 9.15. The van der Waals surface area contributed by atoms with Crippen LogP contribution in [0.1, 0.15) is 55.3 Å².